The minimum absolute atomic E-state index is 0.600. The van der Waals surface area contributed by atoms with E-state index in [1.165, 1.54) is 56.3 Å². The highest BCUT2D eigenvalue weighted by Gasteiger charge is 2.34. The molecule has 0 amide bonds. The number of anilines is 1. The Bertz CT molecular complexity index is 454. The highest BCUT2D eigenvalue weighted by molar-refractivity contribution is 6.31. The van der Waals surface area contributed by atoms with E-state index in [0.29, 0.717) is 12.1 Å². The molecular weight excluding hydrogens is 268 g/mol. The van der Waals surface area contributed by atoms with Gasteiger partial charge in [-0.1, -0.05) is 30.5 Å². The molecule has 1 aliphatic carbocycles. The second-order valence-electron chi connectivity index (χ2n) is 6.31. The average molecular weight is 293 g/mol. The smallest absolute Gasteiger partial charge is 0.0455 e. The van der Waals surface area contributed by atoms with Crippen molar-refractivity contribution < 1.29 is 0 Å². The molecule has 2 N–H and O–H groups in total. The highest BCUT2D eigenvalue weighted by Crippen LogP contribution is 2.35. The number of rotatable bonds is 3. The van der Waals surface area contributed by atoms with E-state index in [1.54, 1.807) is 0 Å². The van der Waals surface area contributed by atoms with Crippen LogP contribution in [0.3, 0.4) is 0 Å². The molecule has 3 atom stereocenters. The van der Waals surface area contributed by atoms with Gasteiger partial charge in [0.1, 0.15) is 0 Å². The predicted molar refractivity (Wildman–Crippen MR) is 86.6 cm³/mol. The van der Waals surface area contributed by atoms with Crippen molar-refractivity contribution in [3.63, 3.8) is 0 Å². The molecule has 110 valence electrons. The summed E-state index contributed by atoms with van der Waals surface area (Å²) in [5.74, 6) is 0.772. The van der Waals surface area contributed by atoms with Gasteiger partial charge in [-0.2, -0.15) is 0 Å². The third kappa shape index (κ3) is 2.96. The lowest BCUT2D eigenvalue weighted by Crippen LogP contribution is -2.44. The molecule has 1 heterocycles. The van der Waals surface area contributed by atoms with E-state index in [-0.39, 0.29) is 0 Å². The zero-order valence-electron chi connectivity index (χ0n) is 12.3. The van der Waals surface area contributed by atoms with E-state index in [0.717, 1.165) is 10.9 Å². The number of nitrogens with one attached hydrogen (secondary N) is 2. The van der Waals surface area contributed by atoms with Gasteiger partial charge in [0.25, 0.3) is 0 Å². The van der Waals surface area contributed by atoms with Gasteiger partial charge in [-0.15, -0.1) is 0 Å². The van der Waals surface area contributed by atoms with Crippen LogP contribution in [-0.2, 0) is 0 Å². The first-order chi connectivity index (χ1) is 9.75. The number of hydrogen-bond donors (Lipinski definition) is 2. The Morgan fingerprint density at radius 3 is 2.85 bits per heavy atom. The van der Waals surface area contributed by atoms with Crippen molar-refractivity contribution in [2.24, 2.45) is 5.92 Å². The Balaban J connectivity index is 1.70. The van der Waals surface area contributed by atoms with Crippen LogP contribution in [0.15, 0.2) is 18.2 Å². The standard InChI is InChI=1S/C17H25ClN2/c1-12-14(18)7-5-9-15(12)20-17-10-4-6-13(17)16-8-2-3-11-19-16/h5,7,9,13,16-17,19-20H,2-4,6,8,10-11H2,1H3. The lowest BCUT2D eigenvalue weighted by atomic mass is 9.88. The fourth-order valence-electron chi connectivity index (χ4n) is 3.86. The summed E-state index contributed by atoms with van der Waals surface area (Å²) in [7, 11) is 0. The van der Waals surface area contributed by atoms with Crippen LogP contribution >= 0.6 is 11.6 Å². The molecule has 1 saturated carbocycles. The van der Waals surface area contributed by atoms with E-state index < -0.39 is 0 Å². The van der Waals surface area contributed by atoms with Gasteiger partial charge in [-0.05, 0) is 62.8 Å². The van der Waals surface area contributed by atoms with Crippen molar-refractivity contribution in [3.8, 4) is 0 Å². The van der Waals surface area contributed by atoms with Gasteiger partial charge in [-0.25, -0.2) is 0 Å². The molecule has 2 nitrogen and oxygen atoms in total. The zero-order chi connectivity index (χ0) is 13.9. The molecule has 0 radical (unpaired) electrons. The topological polar surface area (TPSA) is 24.1 Å². The van der Waals surface area contributed by atoms with Crippen molar-refractivity contribution in [1.82, 2.24) is 5.32 Å². The summed E-state index contributed by atoms with van der Waals surface area (Å²) in [5.41, 5.74) is 2.39. The van der Waals surface area contributed by atoms with E-state index in [1.807, 2.05) is 12.1 Å². The van der Waals surface area contributed by atoms with Crippen LogP contribution in [0.5, 0.6) is 0 Å². The second-order valence-corrected chi connectivity index (χ2v) is 6.72. The average Bonchev–Trinajstić information content (AvgIpc) is 2.93. The molecule has 3 rings (SSSR count). The molecule has 2 aliphatic rings. The molecule has 1 aromatic rings. The van der Waals surface area contributed by atoms with Crippen LogP contribution in [0.2, 0.25) is 5.02 Å². The SMILES string of the molecule is Cc1c(Cl)cccc1NC1CCCC1C1CCCCN1. The van der Waals surface area contributed by atoms with Crippen LogP contribution < -0.4 is 10.6 Å². The Morgan fingerprint density at radius 1 is 1.15 bits per heavy atom. The molecule has 0 aromatic heterocycles. The lowest BCUT2D eigenvalue weighted by molar-refractivity contribution is 0.286. The number of halogens is 1. The summed E-state index contributed by atoms with van der Waals surface area (Å²) in [6.45, 7) is 3.30. The summed E-state index contributed by atoms with van der Waals surface area (Å²) in [6, 6.07) is 7.48. The first-order valence-corrected chi connectivity index (χ1v) is 8.38. The summed E-state index contributed by atoms with van der Waals surface area (Å²) < 4.78 is 0. The van der Waals surface area contributed by atoms with Gasteiger partial charge in [0, 0.05) is 22.8 Å². The Labute approximate surface area is 127 Å². The van der Waals surface area contributed by atoms with Crippen molar-refractivity contribution in [1.29, 1.82) is 0 Å². The predicted octanol–water partition coefficient (Wildman–Crippen LogP) is 4.37. The molecule has 0 spiro atoms. The van der Waals surface area contributed by atoms with Crippen LogP contribution in [0, 0.1) is 12.8 Å². The largest absolute Gasteiger partial charge is 0.382 e. The van der Waals surface area contributed by atoms with Crippen LogP contribution in [0.1, 0.15) is 44.1 Å². The summed E-state index contributed by atoms with van der Waals surface area (Å²) in [6.07, 6.45) is 8.06. The zero-order valence-corrected chi connectivity index (χ0v) is 13.0. The quantitative estimate of drug-likeness (QED) is 0.864. The third-order valence-corrected chi connectivity index (χ3v) is 5.45. The molecule has 0 bridgehead atoms. The summed E-state index contributed by atoms with van der Waals surface area (Å²) >= 11 is 6.23. The fraction of sp³-hybridized carbons (Fsp3) is 0.647. The summed E-state index contributed by atoms with van der Waals surface area (Å²) in [4.78, 5) is 0. The van der Waals surface area contributed by atoms with E-state index in [9.17, 15) is 0 Å². The van der Waals surface area contributed by atoms with Crippen LogP contribution in [-0.4, -0.2) is 18.6 Å². The Hall–Kier alpha value is -0.730. The maximum atomic E-state index is 6.23. The molecule has 1 aromatic carbocycles. The Kier molecular flexibility index (Phi) is 4.52. The molecule has 3 unspecified atom stereocenters. The molecule has 20 heavy (non-hydrogen) atoms. The van der Waals surface area contributed by atoms with Gasteiger partial charge in [-0.3, -0.25) is 0 Å². The number of benzene rings is 1. The van der Waals surface area contributed by atoms with E-state index in [2.05, 4.69) is 23.6 Å². The Morgan fingerprint density at radius 2 is 2.05 bits per heavy atom. The number of hydrogen-bond acceptors (Lipinski definition) is 2. The van der Waals surface area contributed by atoms with Crippen LogP contribution in [0.25, 0.3) is 0 Å². The fourth-order valence-corrected chi connectivity index (χ4v) is 4.03. The molecule has 2 fully saturated rings. The van der Waals surface area contributed by atoms with Gasteiger partial charge in [0.15, 0.2) is 0 Å². The van der Waals surface area contributed by atoms with Crippen molar-refractivity contribution in [3.05, 3.63) is 28.8 Å². The third-order valence-electron chi connectivity index (χ3n) is 5.04. The van der Waals surface area contributed by atoms with Crippen LogP contribution in [0.4, 0.5) is 5.69 Å². The molecule has 1 saturated heterocycles. The lowest BCUT2D eigenvalue weighted by Gasteiger charge is -2.33. The van der Waals surface area contributed by atoms with E-state index >= 15 is 0 Å². The van der Waals surface area contributed by atoms with Gasteiger partial charge >= 0.3 is 0 Å². The van der Waals surface area contributed by atoms with E-state index in [4.69, 9.17) is 11.6 Å². The molecular formula is C17H25ClN2. The van der Waals surface area contributed by atoms with Gasteiger partial charge < -0.3 is 10.6 Å². The normalized spacial score (nSPS) is 30.4. The van der Waals surface area contributed by atoms with Crippen molar-refractivity contribution in [2.45, 2.75) is 57.5 Å². The summed E-state index contributed by atoms with van der Waals surface area (Å²) in [5, 5.41) is 8.37. The monoisotopic (exact) mass is 292 g/mol. The maximum absolute atomic E-state index is 6.23. The van der Waals surface area contributed by atoms with Gasteiger partial charge in [0.05, 0.1) is 0 Å². The first-order valence-electron chi connectivity index (χ1n) is 8.01. The van der Waals surface area contributed by atoms with Crippen molar-refractivity contribution in [2.75, 3.05) is 11.9 Å². The first kappa shape index (κ1) is 14.2. The second kappa shape index (κ2) is 6.36. The maximum Gasteiger partial charge on any atom is 0.0455 e. The molecule has 1 aliphatic heterocycles. The minimum Gasteiger partial charge on any atom is -0.382 e. The highest BCUT2D eigenvalue weighted by atomic mass is 35.5. The van der Waals surface area contributed by atoms with Gasteiger partial charge in [0.2, 0.25) is 0 Å². The van der Waals surface area contributed by atoms with Crippen molar-refractivity contribution >= 4 is 17.3 Å². The molecule has 3 heteroatoms. The minimum atomic E-state index is 0.600. The number of piperidine rings is 1.